The molecule has 238 valence electrons. The second kappa shape index (κ2) is 33.2. The molecule has 0 N–H and O–H groups in total. The van der Waals surface area contributed by atoms with Crippen molar-refractivity contribution >= 4 is 0 Å². The minimum absolute atomic E-state index is 0. The minimum atomic E-state index is 0. The maximum Gasteiger partial charge on any atom is 0.243 e. The van der Waals surface area contributed by atoms with E-state index in [1.807, 2.05) is 0 Å². The van der Waals surface area contributed by atoms with E-state index < -0.39 is 0 Å². The van der Waals surface area contributed by atoms with Crippen LogP contribution in [-0.4, -0.2) is 4.57 Å². The number of unbranched alkanes of at least 4 members (excludes halogenated alkanes) is 28. The first-order valence-electron chi connectivity index (χ1n) is 18.4. The molecule has 0 fully saturated rings. The van der Waals surface area contributed by atoms with Crippen molar-refractivity contribution in [3.8, 4) is 0 Å². The first kappa shape index (κ1) is 39.7. The Bertz CT molecular complexity index is 584. The molecule has 0 saturated carbocycles. The molecule has 0 aromatic carbocycles. The fourth-order valence-corrected chi connectivity index (χ4v) is 6.03. The number of aryl methyl sites for hydroxylation is 2. The van der Waals surface area contributed by atoms with Gasteiger partial charge in [0.05, 0.1) is 13.1 Å². The zero-order chi connectivity index (χ0) is 27.9. The average Bonchev–Trinajstić information content (AvgIpc) is 3.40. The monoisotopic (exact) mass is 624 g/mol. The van der Waals surface area contributed by atoms with E-state index in [0.29, 0.717) is 0 Å². The first-order chi connectivity index (χ1) is 19.4. The van der Waals surface area contributed by atoms with Gasteiger partial charge in [0.25, 0.3) is 0 Å². The molecule has 0 bridgehead atoms. The number of rotatable bonds is 32. The van der Waals surface area contributed by atoms with Gasteiger partial charge < -0.3 is 17.0 Å². The summed E-state index contributed by atoms with van der Waals surface area (Å²) in [4.78, 5) is 0. The molecule has 0 amide bonds. The van der Waals surface area contributed by atoms with E-state index >= 15 is 0 Å². The summed E-state index contributed by atoms with van der Waals surface area (Å²) in [5.41, 5.74) is 0. The summed E-state index contributed by atoms with van der Waals surface area (Å²) in [7, 11) is 0. The third-order valence-electron chi connectivity index (χ3n) is 8.79. The highest BCUT2D eigenvalue weighted by atomic mass is 79.9. The van der Waals surface area contributed by atoms with Gasteiger partial charge in [-0.1, -0.05) is 181 Å². The van der Waals surface area contributed by atoms with Crippen LogP contribution in [0, 0.1) is 0 Å². The normalized spacial score (nSPS) is 11.2. The minimum Gasteiger partial charge on any atom is -1.00 e. The average molecular weight is 626 g/mol. The summed E-state index contributed by atoms with van der Waals surface area (Å²) in [5, 5.41) is 0. The van der Waals surface area contributed by atoms with Gasteiger partial charge in [0.15, 0.2) is 0 Å². The van der Waals surface area contributed by atoms with Crippen LogP contribution in [0.5, 0.6) is 0 Å². The van der Waals surface area contributed by atoms with Crippen LogP contribution in [0.25, 0.3) is 0 Å². The summed E-state index contributed by atoms with van der Waals surface area (Å²) in [6.07, 6.45) is 50.2. The molecular weight excluding hydrogens is 552 g/mol. The van der Waals surface area contributed by atoms with Crippen LogP contribution in [0.4, 0.5) is 0 Å². The molecule has 0 atom stereocenters. The molecule has 0 aliphatic heterocycles. The fraction of sp³-hybridized carbons (Fsp3) is 0.919. The van der Waals surface area contributed by atoms with E-state index in [0.717, 1.165) is 0 Å². The number of halogens is 1. The number of aromatic nitrogens is 2. The Kier molecular flexibility index (Phi) is 32.9. The second-order valence-corrected chi connectivity index (χ2v) is 12.8. The van der Waals surface area contributed by atoms with E-state index in [9.17, 15) is 0 Å². The lowest BCUT2D eigenvalue weighted by atomic mass is 10.0. The van der Waals surface area contributed by atoms with Crippen LogP contribution < -0.4 is 21.5 Å². The van der Waals surface area contributed by atoms with Gasteiger partial charge in [-0.3, -0.25) is 0 Å². The van der Waals surface area contributed by atoms with Crippen LogP contribution in [0.15, 0.2) is 18.7 Å². The lowest BCUT2D eigenvalue weighted by Gasteiger charge is -2.03. The van der Waals surface area contributed by atoms with Crippen LogP contribution in [0.2, 0.25) is 0 Å². The Morgan fingerprint density at radius 3 is 1.05 bits per heavy atom. The molecule has 0 aliphatic rings. The molecule has 2 nitrogen and oxygen atoms in total. The van der Waals surface area contributed by atoms with Crippen molar-refractivity contribution in [2.45, 2.75) is 220 Å². The Morgan fingerprint density at radius 1 is 0.400 bits per heavy atom. The SMILES string of the molecule is CCCCCCCCCCCCCCCCCC[n+]1ccn(CCCCCCCCCCCCCCCC)c1.[Br-]. The molecule has 0 saturated heterocycles. The first-order valence-corrected chi connectivity index (χ1v) is 18.4. The highest BCUT2D eigenvalue weighted by Crippen LogP contribution is 2.15. The molecule has 1 aromatic heterocycles. The van der Waals surface area contributed by atoms with E-state index in [1.165, 1.54) is 206 Å². The van der Waals surface area contributed by atoms with Gasteiger partial charge in [-0.2, -0.15) is 0 Å². The van der Waals surface area contributed by atoms with Gasteiger partial charge in [0, 0.05) is 0 Å². The summed E-state index contributed by atoms with van der Waals surface area (Å²) in [6.45, 7) is 7.01. The molecule has 0 aliphatic carbocycles. The number of imidazole rings is 1. The second-order valence-electron chi connectivity index (χ2n) is 12.8. The molecule has 1 heterocycles. The molecular formula is C37H73BrN2. The predicted octanol–water partition coefficient (Wildman–Crippen LogP) is 9.52. The molecule has 40 heavy (non-hydrogen) atoms. The summed E-state index contributed by atoms with van der Waals surface area (Å²) in [6, 6.07) is 0. The summed E-state index contributed by atoms with van der Waals surface area (Å²) < 4.78 is 4.82. The van der Waals surface area contributed by atoms with Gasteiger partial charge in [0.2, 0.25) is 6.33 Å². The van der Waals surface area contributed by atoms with E-state index in [4.69, 9.17) is 0 Å². The van der Waals surface area contributed by atoms with Gasteiger partial charge in [0.1, 0.15) is 12.4 Å². The highest BCUT2D eigenvalue weighted by Gasteiger charge is 2.04. The van der Waals surface area contributed by atoms with Crippen molar-refractivity contribution in [1.29, 1.82) is 0 Å². The molecule has 1 rings (SSSR count). The Hall–Kier alpha value is -0.310. The lowest BCUT2D eigenvalue weighted by molar-refractivity contribution is -0.696. The lowest BCUT2D eigenvalue weighted by Crippen LogP contribution is -3.00. The maximum atomic E-state index is 2.41. The highest BCUT2D eigenvalue weighted by molar-refractivity contribution is 4.66. The van der Waals surface area contributed by atoms with Crippen molar-refractivity contribution < 1.29 is 21.5 Å². The summed E-state index contributed by atoms with van der Waals surface area (Å²) in [5.74, 6) is 0. The Morgan fingerprint density at radius 2 is 0.700 bits per heavy atom. The quantitative estimate of drug-likeness (QED) is 0.0557. The maximum absolute atomic E-state index is 2.41. The third-order valence-corrected chi connectivity index (χ3v) is 8.79. The fourth-order valence-electron chi connectivity index (χ4n) is 6.03. The number of nitrogens with zero attached hydrogens (tertiary/aromatic N) is 2. The van der Waals surface area contributed by atoms with Crippen LogP contribution >= 0.6 is 0 Å². The number of hydrogen-bond donors (Lipinski definition) is 0. The number of hydrogen-bond acceptors (Lipinski definition) is 0. The van der Waals surface area contributed by atoms with E-state index in [2.05, 4.69) is 41.7 Å². The van der Waals surface area contributed by atoms with Crippen molar-refractivity contribution in [2.75, 3.05) is 0 Å². The Balaban J connectivity index is 0.0000152. The van der Waals surface area contributed by atoms with Gasteiger partial charge >= 0.3 is 0 Å². The van der Waals surface area contributed by atoms with Crippen molar-refractivity contribution in [2.24, 2.45) is 0 Å². The molecule has 0 unspecified atom stereocenters. The molecule has 3 heteroatoms. The van der Waals surface area contributed by atoms with Gasteiger partial charge in [-0.25, -0.2) is 9.13 Å². The largest absolute Gasteiger partial charge is 1.00 e. The van der Waals surface area contributed by atoms with Crippen LogP contribution in [0.1, 0.15) is 206 Å². The zero-order valence-corrected chi connectivity index (χ0v) is 29.2. The molecule has 1 aromatic rings. The van der Waals surface area contributed by atoms with Crippen LogP contribution in [-0.2, 0) is 13.1 Å². The predicted molar refractivity (Wildman–Crippen MR) is 174 cm³/mol. The topological polar surface area (TPSA) is 8.81 Å². The van der Waals surface area contributed by atoms with Gasteiger partial charge in [-0.15, -0.1) is 0 Å². The molecule has 0 radical (unpaired) electrons. The van der Waals surface area contributed by atoms with Crippen molar-refractivity contribution in [3.05, 3.63) is 18.7 Å². The standard InChI is InChI=1S/C37H73N2.BrH/c1-3-5-7-9-11-13-15-17-19-20-22-24-26-28-30-32-34-39-36-35-38(37-39)33-31-29-27-25-23-21-18-16-14-12-10-8-6-4-2;/h35-37H,3-34H2,1-2H3;1H/q+1;/p-1. The van der Waals surface area contributed by atoms with E-state index in [1.54, 1.807) is 0 Å². The van der Waals surface area contributed by atoms with Crippen LogP contribution in [0.3, 0.4) is 0 Å². The Labute approximate surface area is 263 Å². The third kappa shape index (κ3) is 27.8. The van der Waals surface area contributed by atoms with Crippen molar-refractivity contribution in [3.63, 3.8) is 0 Å². The van der Waals surface area contributed by atoms with Crippen molar-refractivity contribution in [1.82, 2.24) is 4.57 Å². The van der Waals surface area contributed by atoms with E-state index in [-0.39, 0.29) is 17.0 Å². The molecule has 0 spiro atoms. The van der Waals surface area contributed by atoms with Gasteiger partial charge in [-0.05, 0) is 25.7 Å². The smallest absolute Gasteiger partial charge is 0.243 e. The summed E-state index contributed by atoms with van der Waals surface area (Å²) >= 11 is 0. The zero-order valence-electron chi connectivity index (χ0n) is 27.6.